The lowest BCUT2D eigenvalue weighted by Crippen LogP contribution is -2.49. The minimum absolute atomic E-state index is 0.251. The summed E-state index contributed by atoms with van der Waals surface area (Å²) < 4.78 is 0. The van der Waals surface area contributed by atoms with Crippen LogP contribution in [0.25, 0.3) is 0 Å². The van der Waals surface area contributed by atoms with E-state index in [4.69, 9.17) is 0 Å². The number of hydrogen-bond acceptors (Lipinski definition) is 2. The van der Waals surface area contributed by atoms with Gasteiger partial charge in [-0.15, -0.1) is 0 Å². The Bertz CT molecular complexity index is 299. The quantitative estimate of drug-likeness (QED) is 0.801. The number of carbonyl (C=O) groups excluding carboxylic acids is 1. The standard InChI is InChI=1S/C14H26N2O/c1-10(2)13-15-9-12(17)16(13)11-6-5-7-14(3,4)8-11/h10-11,13,15H,5-9H2,1-4H3. The molecule has 0 aromatic carbocycles. The molecule has 3 nitrogen and oxygen atoms in total. The van der Waals surface area contributed by atoms with E-state index >= 15 is 0 Å². The Hall–Kier alpha value is -0.570. The summed E-state index contributed by atoms with van der Waals surface area (Å²) >= 11 is 0. The highest BCUT2D eigenvalue weighted by Gasteiger charge is 2.40. The summed E-state index contributed by atoms with van der Waals surface area (Å²) in [6.45, 7) is 9.57. The van der Waals surface area contributed by atoms with Crippen molar-refractivity contribution in [3.63, 3.8) is 0 Å². The van der Waals surface area contributed by atoms with Crippen molar-refractivity contribution in [2.75, 3.05) is 6.54 Å². The number of nitrogens with one attached hydrogen (secondary N) is 1. The van der Waals surface area contributed by atoms with Crippen molar-refractivity contribution in [2.24, 2.45) is 11.3 Å². The Kier molecular flexibility index (Phi) is 3.48. The maximum absolute atomic E-state index is 12.1. The second-order valence-electron chi connectivity index (χ2n) is 6.79. The van der Waals surface area contributed by atoms with Crippen LogP contribution >= 0.6 is 0 Å². The van der Waals surface area contributed by atoms with E-state index in [1.165, 1.54) is 19.3 Å². The van der Waals surface area contributed by atoms with Gasteiger partial charge in [0.1, 0.15) is 0 Å². The first-order valence-corrected chi connectivity index (χ1v) is 6.95. The molecule has 2 rings (SSSR count). The Labute approximate surface area is 105 Å². The highest BCUT2D eigenvalue weighted by atomic mass is 16.2. The molecule has 0 bridgehead atoms. The molecule has 17 heavy (non-hydrogen) atoms. The molecular formula is C14H26N2O. The second-order valence-corrected chi connectivity index (χ2v) is 6.79. The fraction of sp³-hybridized carbons (Fsp3) is 0.929. The van der Waals surface area contributed by atoms with Crippen LogP contribution in [0.3, 0.4) is 0 Å². The van der Waals surface area contributed by atoms with Crippen LogP contribution in [0.5, 0.6) is 0 Å². The number of hydrogen-bond donors (Lipinski definition) is 1. The van der Waals surface area contributed by atoms with E-state index in [1.54, 1.807) is 0 Å². The van der Waals surface area contributed by atoms with E-state index in [-0.39, 0.29) is 6.17 Å². The van der Waals surface area contributed by atoms with Gasteiger partial charge in [0.2, 0.25) is 5.91 Å². The van der Waals surface area contributed by atoms with Crippen molar-refractivity contribution in [2.45, 2.75) is 65.6 Å². The Morgan fingerprint density at radius 2 is 2.12 bits per heavy atom. The lowest BCUT2D eigenvalue weighted by molar-refractivity contribution is -0.132. The summed E-state index contributed by atoms with van der Waals surface area (Å²) in [5.74, 6) is 0.790. The van der Waals surface area contributed by atoms with Gasteiger partial charge in [-0.1, -0.05) is 34.1 Å². The molecule has 1 amide bonds. The summed E-state index contributed by atoms with van der Waals surface area (Å²) in [6.07, 6.45) is 5.14. The van der Waals surface area contributed by atoms with Crippen molar-refractivity contribution < 1.29 is 4.79 Å². The van der Waals surface area contributed by atoms with E-state index in [1.807, 2.05) is 0 Å². The lowest BCUT2D eigenvalue weighted by Gasteiger charge is -2.42. The van der Waals surface area contributed by atoms with E-state index in [9.17, 15) is 4.79 Å². The molecule has 3 heteroatoms. The molecule has 1 aliphatic heterocycles. The van der Waals surface area contributed by atoms with Crippen molar-refractivity contribution in [3.05, 3.63) is 0 Å². The summed E-state index contributed by atoms with van der Waals surface area (Å²) in [5, 5.41) is 3.36. The third-order valence-corrected chi connectivity index (χ3v) is 4.25. The molecule has 2 aliphatic rings. The highest BCUT2D eigenvalue weighted by Crippen LogP contribution is 2.38. The van der Waals surface area contributed by atoms with Crippen LogP contribution in [0.15, 0.2) is 0 Å². The minimum atomic E-state index is 0.251. The number of nitrogens with zero attached hydrogens (tertiary/aromatic N) is 1. The van der Waals surface area contributed by atoms with Crippen LogP contribution in [-0.4, -0.2) is 29.6 Å². The van der Waals surface area contributed by atoms with Crippen LogP contribution < -0.4 is 5.32 Å². The third-order valence-electron chi connectivity index (χ3n) is 4.25. The van der Waals surface area contributed by atoms with Gasteiger partial charge in [-0.3, -0.25) is 10.1 Å². The van der Waals surface area contributed by atoms with Crippen LogP contribution in [0.2, 0.25) is 0 Å². The molecular weight excluding hydrogens is 212 g/mol. The fourth-order valence-corrected chi connectivity index (χ4v) is 3.42. The Balaban J connectivity index is 2.11. The van der Waals surface area contributed by atoms with Crippen LogP contribution in [0.4, 0.5) is 0 Å². The number of carbonyl (C=O) groups is 1. The largest absolute Gasteiger partial charge is 0.323 e. The van der Waals surface area contributed by atoms with Gasteiger partial charge in [0.15, 0.2) is 0 Å². The normalized spacial score (nSPS) is 33.5. The molecule has 0 aromatic rings. The Morgan fingerprint density at radius 1 is 1.41 bits per heavy atom. The van der Waals surface area contributed by atoms with Gasteiger partial charge in [-0.25, -0.2) is 0 Å². The number of amides is 1. The zero-order chi connectivity index (χ0) is 12.6. The van der Waals surface area contributed by atoms with Crippen molar-refractivity contribution >= 4 is 5.91 Å². The van der Waals surface area contributed by atoms with Crippen LogP contribution in [0, 0.1) is 11.3 Å². The summed E-state index contributed by atoms with van der Waals surface area (Å²) in [6, 6.07) is 0.452. The van der Waals surface area contributed by atoms with Gasteiger partial charge in [0.05, 0.1) is 12.7 Å². The zero-order valence-corrected chi connectivity index (χ0v) is 11.6. The first kappa shape index (κ1) is 12.9. The molecule has 1 N–H and O–H groups in total. The van der Waals surface area contributed by atoms with Gasteiger partial charge in [-0.2, -0.15) is 0 Å². The molecule has 1 saturated heterocycles. The van der Waals surface area contributed by atoms with E-state index < -0.39 is 0 Å². The van der Waals surface area contributed by atoms with E-state index in [2.05, 4.69) is 37.9 Å². The molecule has 0 spiro atoms. The molecule has 2 atom stereocenters. The molecule has 2 unspecified atom stereocenters. The van der Waals surface area contributed by atoms with E-state index in [0.29, 0.717) is 29.8 Å². The SMILES string of the molecule is CC(C)C1NCC(=O)N1C1CCCC(C)(C)C1. The lowest BCUT2D eigenvalue weighted by atomic mass is 9.74. The van der Waals surface area contributed by atoms with Gasteiger partial charge in [0.25, 0.3) is 0 Å². The third kappa shape index (κ3) is 2.65. The van der Waals surface area contributed by atoms with Crippen molar-refractivity contribution in [3.8, 4) is 0 Å². The summed E-state index contributed by atoms with van der Waals surface area (Å²) in [4.78, 5) is 14.2. The van der Waals surface area contributed by atoms with Crippen molar-refractivity contribution in [1.29, 1.82) is 0 Å². The minimum Gasteiger partial charge on any atom is -0.323 e. The van der Waals surface area contributed by atoms with Crippen LogP contribution in [-0.2, 0) is 4.79 Å². The predicted octanol–water partition coefficient (Wildman–Crippen LogP) is 2.37. The van der Waals surface area contributed by atoms with E-state index in [0.717, 1.165) is 6.42 Å². The molecule has 2 fully saturated rings. The number of rotatable bonds is 2. The predicted molar refractivity (Wildman–Crippen MR) is 69.5 cm³/mol. The summed E-state index contributed by atoms with van der Waals surface area (Å²) in [7, 11) is 0. The monoisotopic (exact) mass is 238 g/mol. The Morgan fingerprint density at radius 3 is 2.71 bits per heavy atom. The van der Waals surface area contributed by atoms with Crippen molar-refractivity contribution in [1.82, 2.24) is 10.2 Å². The highest BCUT2D eigenvalue weighted by molar-refractivity contribution is 5.81. The first-order valence-electron chi connectivity index (χ1n) is 6.95. The zero-order valence-electron chi connectivity index (χ0n) is 11.6. The second kappa shape index (κ2) is 4.60. The van der Waals surface area contributed by atoms with Gasteiger partial charge >= 0.3 is 0 Å². The molecule has 1 aliphatic carbocycles. The topological polar surface area (TPSA) is 32.3 Å². The molecule has 1 saturated carbocycles. The van der Waals surface area contributed by atoms with Gasteiger partial charge < -0.3 is 4.90 Å². The average Bonchev–Trinajstić information content (AvgIpc) is 2.58. The van der Waals surface area contributed by atoms with Gasteiger partial charge in [-0.05, 0) is 30.6 Å². The molecule has 1 heterocycles. The summed E-state index contributed by atoms with van der Waals surface area (Å²) in [5.41, 5.74) is 0.396. The van der Waals surface area contributed by atoms with Crippen LogP contribution in [0.1, 0.15) is 53.4 Å². The maximum atomic E-state index is 12.1. The molecule has 0 radical (unpaired) electrons. The molecule has 0 aromatic heterocycles. The fourth-order valence-electron chi connectivity index (χ4n) is 3.42. The smallest absolute Gasteiger partial charge is 0.238 e. The molecule has 98 valence electrons. The first-order chi connectivity index (χ1) is 7.91. The maximum Gasteiger partial charge on any atom is 0.238 e. The average molecular weight is 238 g/mol. The van der Waals surface area contributed by atoms with Gasteiger partial charge in [0, 0.05) is 6.04 Å².